The van der Waals surface area contributed by atoms with Crippen molar-refractivity contribution in [1.29, 1.82) is 0 Å². The Hall–Kier alpha value is -1.21. The van der Waals surface area contributed by atoms with Crippen molar-refractivity contribution < 1.29 is 13.2 Å². The van der Waals surface area contributed by atoms with E-state index in [-0.39, 0.29) is 0 Å². The zero-order chi connectivity index (χ0) is 14.4. The molecule has 0 atom stereocenters. The minimum atomic E-state index is -4.27. The molecule has 0 saturated heterocycles. The van der Waals surface area contributed by atoms with Gasteiger partial charge >= 0.3 is 6.18 Å². The first-order chi connectivity index (χ1) is 9.36. The quantitative estimate of drug-likeness (QED) is 0.599. The van der Waals surface area contributed by atoms with Gasteiger partial charge in [0, 0.05) is 0 Å². The van der Waals surface area contributed by atoms with Crippen LogP contribution in [0.1, 0.15) is 39.0 Å². The van der Waals surface area contributed by atoms with Crippen LogP contribution in [-0.2, 0) is 0 Å². The van der Waals surface area contributed by atoms with Crippen molar-refractivity contribution in [1.82, 2.24) is 0 Å². The van der Waals surface area contributed by atoms with Gasteiger partial charge in [0.1, 0.15) is 0 Å². The molecule has 0 unspecified atom stereocenters. The molecule has 0 bridgehead atoms. The van der Waals surface area contributed by atoms with E-state index in [1.165, 1.54) is 37.8 Å². The van der Waals surface area contributed by atoms with Gasteiger partial charge < -0.3 is 0 Å². The van der Waals surface area contributed by atoms with Gasteiger partial charge in [-0.15, -0.1) is 5.73 Å². The SMILES string of the molecule is CC1CC2(C1)CC(CC1=CC(C(F)(F)F)=CC=C=C1)C2. The highest BCUT2D eigenvalue weighted by Crippen LogP contribution is 2.62. The molecule has 0 aromatic carbocycles. The summed E-state index contributed by atoms with van der Waals surface area (Å²) in [4.78, 5) is 0. The third-order valence-electron chi connectivity index (χ3n) is 4.83. The van der Waals surface area contributed by atoms with Gasteiger partial charge in [0.15, 0.2) is 0 Å². The Balaban J connectivity index is 1.62. The Labute approximate surface area is 117 Å². The van der Waals surface area contributed by atoms with Crippen molar-refractivity contribution in [3.05, 3.63) is 41.2 Å². The molecule has 0 nitrogen and oxygen atoms in total. The summed E-state index contributed by atoms with van der Waals surface area (Å²) in [5.74, 6) is 1.40. The topological polar surface area (TPSA) is 0 Å². The average Bonchev–Trinajstić information content (AvgIpc) is 2.49. The first kappa shape index (κ1) is 13.8. The minimum absolute atomic E-state index is 0.553. The molecule has 3 aliphatic carbocycles. The Morgan fingerprint density at radius 2 is 1.95 bits per heavy atom. The minimum Gasteiger partial charge on any atom is -0.166 e. The summed E-state index contributed by atoms with van der Waals surface area (Å²) in [6.45, 7) is 2.28. The van der Waals surface area contributed by atoms with E-state index in [1.807, 2.05) is 0 Å². The number of alkyl halides is 3. The Bertz CT molecular complexity index is 513. The zero-order valence-electron chi connectivity index (χ0n) is 11.6. The van der Waals surface area contributed by atoms with E-state index in [1.54, 1.807) is 6.08 Å². The predicted molar refractivity (Wildman–Crippen MR) is 73.0 cm³/mol. The second-order valence-corrected chi connectivity index (χ2v) is 6.81. The van der Waals surface area contributed by atoms with Crippen molar-refractivity contribution in [3.8, 4) is 0 Å². The highest BCUT2D eigenvalue weighted by molar-refractivity contribution is 5.38. The first-order valence-electron chi connectivity index (χ1n) is 7.27. The summed E-state index contributed by atoms with van der Waals surface area (Å²) >= 11 is 0. The smallest absolute Gasteiger partial charge is 0.166 e. The standard InChI is InChI=1S/C17H19F3/c1-12-8-16(9-12)10-14(11-16)6-13-4-2-3-5-15(7-13)17(18,19)20/h3-5,7,12,14H,6,8-11H2,1H3. The normalized spacial score (nSPS) is 36.0. The van der Waals surface area contributed by atoms with Crippen LogP contribution in [0.25, 0.3) is 0 Å². The molecule has 2 saturated carbocycles. The molecule has 0 N–H and O–H groups in total. The summed E-state index contributed by atoms with van der Waals surface area (Å²) in [6.07, 6.45) is 6.92. The molecule has 0 aromatic rings. The summed E-state index contributed by atoms with van der Waals surface area (Å²) in [7, 11) is 0. The fourth-order valence-electron chi connectivity index (χ4n) is 4.27. The van der Waals surface area contributed by atoms with E-state index in [9.17, 15) is 13.2 Å². The number of allylic oxidation sites excluding steroid dienone is 5. The monoisotopic (exact) mass is 280 g/mol. The maximum absolute atomic E-state index is 12.8. The van der Waals surface area contributed by atoms with E-state index in [0.717, 1.165) is 24.0 Å². The molecular weight excluding hydrogens is 261 g/mol. The third kappa shape index (κ3) is 2.64. The average molecular weight is 280 g/mol. The van der Waals surface area contributed by atoms with Gasteiger partial charge in [-0.05, 0) is 79.2 Å². The van der Waals surface area contributed by atoms with E-state index in [4.69, 9.17) is 0 Å². The van der Waals surface area contributed by atoms with Gasteiger partial charge in [-0.2, -0.15) is 13.2 Å². The van der Waals surface area contributed by atoms with Gasteiger partial charge in [-0.25, -0.2) is 0 Å². The number of rotatable bonds is 2. The molecule has 3 heteroatoms. The van der Waals surface area contributed by atoms with Gasteiger partial charge in [-0.3, -0.25) is 0 Å². The highest BCUT2D eigenvalue weighted by atomic mass is 19.4. The molecule has 0 aliphatic heterocycles. The van der Waals surface area contributed by atoms with Gasteiger partial charge in [0.25, 0.3) is 0 Å². The lowest BCUT2D eigenvalue weighted by atomic mass is 9.48. The third-order valence-corrected chi connectivity index (χ3v) is 4.83. The molecule has 0 heterocycles. The Kier molecular flexibility index (Phi) is 3.21. The van der Waals surface area contributed by atoms with Gasteiger partial charge in [0.05, 0.1) is 5.57 Å². The van der Waals surface area contributed by atoms with Crippen LogP contribution in [-0.4, -0.2) is 6.18 Å². The fourth-order valence-corrected chi connectivity index (χ4v) is 4.27. The molecule has 2 fully saturated rings. The van der Waals surface area contributed by atoms with E-state index in [2.05, 4.69) is 12.7 Å². The summed E-state index contributed by atoms with van der Waals surface area (Å²) in [5, 5.41) is 0. The molecule has 1 spiro atoms. The molecule has 20 heavy (non-hydrogen) atoms. The predicted octanol–water partition coefficient (Wildman–Crippen LogP) is 5.34. The van der Waals surface area contributed by atoms with E-state index >= 15 is 0 Å². The lowest BCUT2D eigenvalue weighted by molar-refractivity contribution is -0.0883. The zero-order valence-corrected chi connectivity index (χ0v) is 11.6. The second-order valence-electron chi connectivity index (χ2n) is 6.81. The van der Waals surface area contributed by atoms with Crippen molar-refractivity contribution >= 4 is 0 Å². The second kappa shape index (κ2) is 4.66. The van der Waals surface area contributed by atoms with Crippen molar-refractivity contribution in [2.75, 3.05) is 0 Å². The molecule has 0 amide bonds. The number of halogens is 3. The van der Waals surface area contributed by atoms with Crippen molar-refractivity contribution in [2.45, 2.75) is 45.2 Å². The molecule has 108 valence electrons. The largest absolute Gasteiger partial charge is 0.416 e. The summed E-state index contributed by atoms with van der Waals surface area (Å²) < 4.78 is 38.4. The van der Waals surface area contributed by atoms with Crippen LogP contribution in [0.3, 0.4) is 0 Å². The lowest BCUT2D eigenvalue weighted by Crippen LogP contribution is -2.46. The van der Waals surface area contributed by atoms with Crippen LogP contribution >= 0.6 is 0 Å². The Morgan fingerprint density at radius 1 is 1.25 bits per heavy atom. The summed E-state index contributed by atoms with van der Waals surface area (Å²) in [6, 6.07) is 0. The fraction of sp³-hybridized carbons (Fsp3) is 0.588. The lowest BCUT2D eigenvalue weighted by Gasteiger charge is -2.57. The van der Waals surface area contributed by atoms with Crippen LogP contribution in [0.5, 0.6) is 0 Å². The maximum atomic E-state index is 12.8. The van der Waals surface area contributed by atoms with Crippen LogP contribution < -0.4 is 0 Å². The van der Waals surface area contributed by atoms with Gasteiger partial charge in [0.2, 0.25) is 0 Å². The number of hydrogen-bond acceptors (Lipinski definition) is 0. The Morgan fingerprint density at radius 3 is 2.55 bits per heavy atom. The number of hydrogen-bond donors (Lipinski definition) is 0. The molecule has 0 radical (unpaired) electrons. The molecule has 3 rings (SSSR count). The summed E-state index contributed by atoms with van der Waals surface area (Å²) in [5.41, 5.74) is 3.56. The maximum Gasteiger partial charge on any atom is 0.416 e. The van der Waals surface area contributed by atoms with E-state index in [0.29, 0.717) is 11.3 Å². The van der Waals surface area contributed by atoms with Crippen molar-refractivity contribution in [3.63, 3.8) is 0 Å². The van der Waals surface area contributed by atoms with Crippen LogP contribution in [0.4, 0.5) is 13.2 Å². The molecule has 3 aliphatic rings. The van der Waals surface area contributed by atoms with Crippen LogP contribution in [0, 0.1) is 17.3 Å². The molecular formula is C17H19F3. The van der Waals surface area contributed by atoms with Crippen molar-refractivity contribution in [2.24, 2.45) is 17.3 Å². The highest BCUT2D eigenvalue weighted by Gasteiger charge is 2.50. The van der Waals surface area contributed by atoms with Gasteiger partial charge in [-0.1, -0.05) is 6.92 Å². The first-order valence-corrected chi connectivity index (χ1v) is 7.27. The van der Waals surface area contributed by atoms with E-state index < -0.39 is 11.7 Å². The van der Waals surface area contributed by atoms with Crippen LogP contribution in [0.15, 0.2) is 41.2 Å². The van der Waals surface area contributed by atoms with Crippen LogP contribution in [0.2, 0.25) is 0 Å². The molecule has 0 aromatic heterocycles.